The number of aliphatic hydroxyl groups is 1. The van der Waals surface area contributed by atoms with Crippen molar-refractivity contribution in [2.45, 2.75) is 25.0 Å². The molecule has 4 nitrogen and oxygen atoms in total. The van der Waals surface area contributed by atoms with Crippen LogP contribution in [0.1, 0.15) is 35.3 Å². The number of imidazole rings is 1. The monoisotopic (exact) mass is 303 g/mol. The number of aromatic nitrogens is 3. The Hall–Kier alpha value is -2.46. The van der Waals surface area contributed by atoms with Crippen LogP contribution in [-0.4, -0.2) is 19.6 Å². The van der Waals surface area contributed by atoms with E-state index in [0.717, 1.165) is 24.1 Å². The molecule has 0 bridgehead atoms. The molecule has 3 aromatic rings. The van der Waals surface area contributed by atoms with Crippen LogP contribution in [-0.2, 0) is 6.42 Å². The van der Waals surface area contributed by atoms with Crippen molar-refractivity contribution in [1.29, 1.82) is 0 Å². The van der Waals surface area contributed by atoms with E-state index in [2.05, 4.69) is 38.8 Å². The average molecular weight is 303 g/mol. The molecular formula is C19H17N3O. The minimum Gasteiger partial charge on any atom is -0.388 e. The zero-order valence-electron chi connectivity index (χ0n) is 12.6. The lowest BCUT2D eigenvalue weighted by Crippen LogP contribution is -2.28. The fourth-order valence-corrected chi connectivity index (χ4v) is 4.28. The van der Waals surface area contributed by atoms with Gasteiger partial charge in [0.15, 0.2) is 0 Å². The topological polar surface area (TPSA) is 50.9 Å². The third-order valence-corrected chi connectivity index (χ3v) is 5.34. The van der Waals surface area contributed by atoms with E-state index in [1.807, 2.05) is 31.0 Å². The number of aryl methyl sites for hydroxylation is 1. The molecule has 3 heterocycles. The first-order valence-corrected chi connectivity index (χ1v) is 8.06. The zero-order chi connectivity index (χ0) is 15.4. The first-order valence-electron chi connectivity index (χ1n) is 8.06. The van der Waals surface area contributed by atoms with Crippen molar-refractivity contribution >= 4 is 0 Å². The van der Waals surface area contributed by atoms with Gasteiger partial charge in [-0.3, -0.25) is 4.98 Å². The van der Waals surface area contributed by atoms with Crippen LogP contribution in [0, 0.1) is 5.92 Å². The number of aliphatic hydroxyl groups excluding tert-OH is 1. The highest BCUT2D eigenvalue weighted by molar-refractivity contribution is 5.69. The molecule has 2 aliphatic rings. The van der Waals surface area contributed by atoms with Crippen molar-refractivity contribution < 1.29 is 5.11 Å². The summed E-state index contributed by atoms with van der Waals surface area (Å²) >= 11 is 0. The molecule has 1 aliphatic carbocycles. The summed E-state index contributed by atoms with van der Waals surface area (Å²) in [6.07, 6.45) is 8.91. The number of rotatable bonds is 1. The second-order valence-corrected chi connectivity index (χ2v) is 6.44. The number of hydrogen-bond acceptors (Lipinski definition) is 3. The summed E-state index contributed by atoms with van der Waals surface area (Å²) in [7, 11) is 0. The van der Waals surface area contributed by atoms with Crippen LogP contribution in [0.4, 0.5) is 0 Å². The molecule has 0 saturated heterocycles. The van der Waals surface area contributed by atoms with Gasteiger partial charge in [0.25, 0.3) is 0 Å². The van der Waals surface area contributed by atoms with Crippen LogP contribution in [0.3, 0.4) is 0 Å². The van der Waals surface area contributed by atoms with Gasteiger partial charge in [-0.15, -0.1) is 0 Å². The van der Waals surface area contributed by atoms with Crippen molar-refractivity contribution in [3.8, 4) is 11.3 Å². The SMILES string of the molecule is O[C@@H]1c2cnccc2CC[C@H]1C1c2ccccc2-c2cncn21. The van der Waals surface area contributed by atoms with Gasteiger partial charge in [-0.05, 0) is 30.0 Å². The average Bonchev–Trinajstić information content (AvgIpc) is 3.17. The highest BCUT2D eigenvalue weighted by Gasteiger charge is 2.40. The van der Waals surface area contributed by atoms with E-state index in [0.29, 0.717) is 0 Å². The first-order chi connectivity index (χ1) is 11.3. The van der Waals surface area contributed by atoms with Crippen molar-refractivity contribution in [2.75, 3.05) is 0 Å². The Labute approximate surface area is 134 Å². The van der Waals surface area contributed by atoms with Gasteiger partial charge in [0.2, 0.25) is 0 Å². The molecular weight excluding hydrogens is 286 g/mol. The highest BCUT2D eigenvalue weighted by Crippen LogP contribution is 2.49. The molecule has 5 rings (SSSR count). The number of benzene rings is 1. The van der Waals surface area contributed by atoms with Crippen LogP contribution in [0.15, 0.2) is 55.2 Å². The van der Waals surface area contributed by atoms with E-state index in [1.54, 1.807) is 0 Å². The maximum absolute atomic E-state index is 11.0. The summed E-state index contributed by atoms with van der Waals surface area (Å²) in [5.74, 6) is 0.142. The Morgan fingerprint density at radius 3 is 2.91 bits per heavy atom. The lowest BCUT2D eigenvalue weighted by molar-refractivity contribution is 0.0717. The normalized spacial score (nSPS) is 24.8. The Morgan fingerprint density at radius 1 is 1.04 bits per heavy atom. The quantitative estimate of drug-likeness (QED) is 0.751. The van der Waals surface area contributed by atoms with Gasteiger partial charge in [-0.2, -0.15) is 0 Å². The smallest absolute Gasteiger partial charge is 0.0956 e. The van der Waals surface area contributed by atoms with Gasteiger partial charge in [0.05, 0.1) is 30.4 Å². The lowest BCUT2D eigenvalue weighted by Gasteiger charge is -2.35. The summed E-state index contributed by atoms with van der Waals surface area (Å²) in [5, 5.41) is 11.0. The van der Waals surface area contributed by atoms with Crippen LogP contribution in [0.2, 0.25) is 0 Å². The van der Waals surface area contributed by atoms with Gasteiger partial charge in [-0.1, -0.05) is 24.3 Å². The predicted octanol–water partition coefficient (Wildman–Crippen LogP) is 3.14. The molecule has 1 aliphatic heterocycles. The summed E-state index contributed by atoms with van der Waals surface area (Å²) < 4.78 is 2.22. The first kappa shape index (κ1) is 13.0. The molecule has 0 spiro atoms. The molecule has 23 heavy (non-hydrogen) atoms. The third-order valence-electron chi connectivity index (χ3n) is 5.34. The molecule has 1 aromatic carbocycles. The van der Waals surface area contributed by atoms with Gasteiger partial charge >= 0.3 is 0 Å². The van der Waals surface area contributed by atoms with E-state index in [1.165, 1.54) is 16.7 Å². The van der Waals surface area contributed by atoms with Gasteiger partial charge in [0.1, 0.15) is 0 Å². The van der Waals surface area contributed by atoms with Gasteiger partial charge < -0.3 is 9.67 Å². The fourth-order valence-electron chi connectivity index (χ4n) is 4.28. The second kappa shape index (κ2) is 4.77. The summed E-state index contributed by atoms with van der Waals surface area (Å²) in [4.78, 5) is 8.54. The Balaban J connectivity index is 1.64. The number of pyridine rings is 1. The minimum absolute atomic E-state index is 0.142. The fraction of sp³-hybridized carbons (Fsp3) is 0.263. The highest BCUT2D eigenvalue weighted by atomic mass is 16.3. The van der Waals surface area contributed by atoms with Crippen molar-refractivity contribution in [2.24, 2.45) is 5.92 Å². The molecule has 2 aromatic heterocycles. The Bertz CT molecular complexity index is 886. The Kier molecular flexibility index (Phi) is 2.70. The van der Waals surface area contributed by atoms with Crippen molar-refractivity contribution in [1.82, 2.24) is 14.5 Å². The van der Waals surface area contributed by atoms with Crippen LogP contribution in [0.25, 0.3) is 11.3 Å². The zero-order valence-corrected chi connectivity index (χ0v) is 12.6. The number of nitrogens with zero attached hydrogens (tertiary/aromatic N) is 3. The molecule has 0 fully saturated rings. The molecule has 1 unspecified atom stereocenters. The van der Waals surface area contributed by atoms with E-state index in [9.17, 15) is 5.11 Å². The summed E-state index contributed by atoms with van der Waals surface area (Å²) in [6, 6.07) is 10.6. The molecule has 0 radical (unpaired) electrons. The molecule has 0 saturated carbocycles. The van der Waals surface area contributed by atoms with Gasteiger partial charge in [0, 0.05) is 29.4 Å². The minimum atomic E-state index is -0.487. The van der Waals surface area contributed by atoms with E-state index < -0.39 is 6.10 Å². The maximum atomic E-state index is 11.0. The van der Waals surface area contributed by atoms with Crippen LogP contribution >= 0.6 is 0 Å². The molecule has 114 valence electrons. The summed E-state index contributed by atoms with van der Waals surface area (Å²) in [6.45, 7) is 0. The molecule has 4 heteroatoms. The van der Waals surface area contributed by atoms with E-state index in [4.69, 9.17) is 0 Å². The molecule has 3 atom stereocenters. The van der Waals surface area contributed by atoms with Crippen molar-refractivity contribution in [3.05, 3.63) is 71.9 Å². The predicted molar refractivity (Wildman–Crippen MR) is 86.8 cm³/mol. The lowest BCUT2D eigenvalue weighted by atomic mass is 9.76. The van der Waals surface area contributed by atoms with Crippen molar-refractivity contribution in [3.63, 3.8) is 0 Å². The van der Waals surface area contributed by atoms with E-state index >= 15 is 0 Å². The van der Waals surface area contributed by atoms with Crippen LogP contribution in [0.5, 0.6) is 0 Å². The molecule has 0 amide bonds. The Morgan fingerprint density at radius 2 is 1.96 bits per heavy atom. The number of hydrogen-bond donors (Lipinski definition) is 1. The third kappa shape index (κ3) is 1.75. The summed E-state index contributed by atoms with van der Waals surface area (Å²) in [5.41, 5.74) is 5.88. The molecule has 1 N–H and O–H groups in total. The van der Waals surface area contributed by atoms with Crippen LogP contribution < -0.4 is 0 Å². The standard InChI is InChI=1S/C19H17N3O/c23-19-15(6-5-12-7-8-20-9-16(12)19)18-14-4-2-1-3-13(14)17-10-21-11-22(17)18/h1-4,7-11,15,18-19,23H,5-6H2/t15-,18?,19-/m0/s1. The number of fused-ring (bicyclic) bond motifs is 4. The van der Waals surface area contributed by atoms with Gasteiger partial charge in [-0.25, -0.2) is 4.98 Å². The largest absolute Gasteiger partial charge is 0.388 e. The maximum Gasteiger partial charge on any atom is 0.0956 e. The second-order valence-electron chi connectivity index (χ2n) is 6.44. The van der Waals surface area contributed by atoms with E-state index in [-0.39, 0.29) is 12.0 Å².